The van der Waals surface area contributed by atoms with Gasteiger partial charge < -0.3 is 9.84 Å². The van der Waals surface area contributed by atoms with Gasteiger partial charge in [0.15, 0.2) is 0 Å². The van der Waals surface area contributed by atoms with Crippen LogP contribution in [0.5, 0.6) is 0 Å². The molecule has 3 nitrogen and oxygen atoms in total. The summed E-state index contributed by atoms with van der Waals surface area (Å²) in [7, 11) is 0. The van der Waals surface area contributed by atoms with Gasteiger partial charge in [-0.15, -0.1) is 0 Å². The molecule has 3 heteroatoms. The van der Waals surface area contributed by atoms with Crippen LogP contribution in [0, 0.1) is 0 Å². The second-order valence-corrected chi connectivity index (χ2v) is 3.11. The molecule has 1 rings (SSSR count). The Hall–Kier alpha value is -0.990. The Bertz CT molecular complexity index is 214. The molecule has 1 N–H and O–H groups in total. The van der Waals surface area contributed by atoms with Crippen molar-refractivity contribution in [2.45, 2.75) is 38.7 Å². The van der Waals surface area contributed by atoms with Crippen molar-refractivity contribution in [3.8, 4) is 0 Å². The lowest BCUT2D eigenvalue weighted by molar-refractivity contribution is -0.147. The predicted octanol–water partition coefficient (Wildman–Crippen LogP) is 1.93. The first-order valence-electron chi connectivity index (χ1n) is 4.24. The minimum Gasteiger partial charge on any atom is -0.515 e. The van der Waals surface area contributed by atoms with E-state index in [-0.39, 0.29) is 11.6 Å². The highest BCUT2D eigenvalue weighted by atomic mass is 16.6. The number of aliphatic hydroxyl groups excluding tert-OH is 1. The largest absolute Gasteiger partial charge is 0.515 e. The molecule has 68 valence electrons. The van der Waals surface area contributed by atoms with E-state index in [1.54, 1.807) is 0 Å². The summed E-state index contributed by atoms with van der Waals surface area (Å²) in [5.74, 6) is -0.374. The molecule has 1 aliphatic rings. The lowest BCUT2D eigenvalue weighted by Crippen LogP contribution is -2.25. The van der Waals surface area contributed by atoms with Crippen LogP contribution in [0.1, 0.15) is 33.1 Å². The minimum absolute atomic E-state index is 0.356. The zero-order valence-electron chi connectivity index (χ0n) is 7.46. The van der Waals surface area contributed by atoms with Crippen LogP contribution in [-0.4, -0.2) is 16.7 Å². The predicted molar refractivity (Wildman–Crippen MR) is 44.7 cm³/mol. The Kier molecular flexibility index (Phi) is 2.40. The molecule has 0 amide bonds. The highest BCUT2D eigenvalue weighted by molar-refractivity contribution is 5.90. The van der Waals surface area contributed by atoms with Gasteiger partial charge in [-0.3, -0.25) is 0 Å². The number of esters is 1. The van der Waals surface area contributed by atoms with E-state index in [2.05, 4.69) is 0 Å². The third-order valence-corrected chi connectivity index (χ3v) is 2.53. The van der Waals surface area contributed by atoms with Crippen molar-refractivity contribution in [1.82, 2.24) is 0 Å². The van der Waals surface area contributed by atoms with Gasteiger partial charge in [0.1, 0.15) is 5.60 Å². The number of hydrogen-bond donors (Lipinski definition) is 1. The van der Waals surface area contributed by atoms with Gasteiger partial charge in [-0.2, -0.15) is 0 Å². The second kappa shape index (κ2) is 3.17. The molecular weight excluding hydrogens is 156 g/mol. The number of carbonyl (C=O) groups is 1. The third kappa shape index (κ3) is 1.31. The van der Waals surface area contributed by atoms with Crippen LogP contribution in [0.3, 0.4) is 0 Å². The van der Waals surface area contributed by atoms with Crippen molar-refractivity contribution in [3.05, 3.63) is 11.8 Å². The maximum atomic E-state index is 11.1. The Morgan fingerprint density at radius 1 is 1.58 bits per heavy atom. The highest BCUT2D eigenvalue weighted by Crippen LogP contribution is 2.35. The first-order chi connectivity index (χ1) is 5.67. The summed E-state index contributed by atoms with van der Waals surface area (Å²) in [5, 5.41) is 8.70. The molecule has 1 aliphatic heterocycles. The van der Waals surface area contributed by atoms with Crippen LogP contribution in [0.15, 0.2) is 11.8 Å². The van der Waals surface area contributed by atoms with Gasteiger partial charge in [0, 0.05) is 6.42 Å². The van der Waals surface area contributed by atoms with Crippen LogP contribution < -0.4 is 0 Å². The first kappa shape index (κ1) is 9.10. The van der Waals surface area contributed by atoms with Crippen molar-refractivity contribution < 1.29 is 14.6 Å². The Morgan fingerprint density at radius 2 is 2.17 bits per heavy atom. The Balaban J connectivity index is 2.82. The van der Waals surface area contributed by atoms with Crippen LogP contribution in [-0.2, 0) is 9.53 Å². The molecule has 0 spiro atoms. The molecule has 0 atom stereocenters. The van der Waals surface area contributed by atoms with Crippen molar-refractivity contribution in [1.29, 1.82) is 0 Å². The minimum atomic E-state index is -0.374. The second-order valence-electron chi connectivity index (χ2n) is 3.11. The van der Waals surface area contributed by atoms with Crippen LogP contribution >= 0.6 is 0 Å². The van der Waals surface area contributed by atoms with E-state index in [0.29, 0.717) is 12.0 Å². The highest BCUT2D eigenvalue weighted by Gasteiger charge is 2.40. The summed E-state index contributed by atoms with van der Waals surface area (Å²) in [4.78, 5) is 11.1. The van der Waals surface area contributed by atoms with Gasteiger partial charge in [-0.05, 0) is 12.8 Å². The maximum Gasteiger partial charge on any atom is 0.337 e. The van der Waals surface area contributed by atoms with Crippen LogP contribution in [0.4, 0.5) is 0 Å². The summed E-state index contributed by atoms with van der Waals surface area (Å²) in [6.45, 7) is 3.97. The molecular formula is C9H14O3. The molecule has 0 bridgehead atoms. The SMILES string of the molecule is CCC1(CC)C/C(=C\O)C(=O)O1. The molecule has 0 saturated carbocycles. The molecule has 0 unspecified atom stereocenters. The number of cyclic esters (lactones) is 1. The fourth-order valence-corrected chi connectivity index (χ4v) is 1.46. The first-order valence-corrected chi connectivity index (χ1v) is 4.24. The van der Waals surface area contributed by atoms with Gasteiger partial charge >= 0.3 is 5.97 Å². The van der Waals surface area contributed by atoms with Crippen molar-refractivity contribution >= 4 is 5.97 Å². The summed E-state index contributed by atoms with van der Waals surface area (Å²) in [5.41, 5.74) is 0.0322. The van der Waals surface area contributed by atoms with E-state index in [4.69, 9.17) is 9.84 Å². The fourth-order valence-electron chi connectivity index (χ4n) is 1.46. The third-order valence-electron chi connectivity index (χ3n) is 2.53. The molecule has 0 aromatic carbocycles. The van der Waals surface area contributed by atoms with Crippen molar-refractivity contribution in [2.75, 3.05) is 0 Å². The van der Waals surface area contributed by atoms with E-state index in [9.17, 15) is 4.79 Å². The average Bonchev–Trinajstić information content (AvgIpc) is 2.43. The molecule has 0 aromatic heterocycles. The lowest BCUT2D eigenvalue weighted by Gasteiger charge is -2.23. The maximum absolute atomic E-state index is 11.1. The Labute approximate surface area is 72.0 Å². The van der Waals surface area contributed by atoms with Gasteiger partial charge in [-0.25, -0.2) is 4.79 Å². The fraction of sp³-hybridized carbons (Fsp3) is 0.667. The zero-order valence-corrected chi connectivity index (χ0v) is 7.46. The molecule has 0 radical (unpaired) electrons. The van der Waals surface area contributed by atoms with Gasteiger partial charge in [0.05, 0.1) is 11.8 Å². The van der Waals surface area contributed by atoms with Crippen LogP contribution in [0.25, 0.3) is 0 Å². The van der Waals surface area contributed by atoms with E-state index >= 15 is 0 Å². The lowest BCUT2D eigenvalue weighted by atomic mass is 9.92. The molecule has 0 aliphatic carbocycles. The van der Waals surface area contributed by atoms with E-state index in [1.165, 1.54) is 0 Å². The zero-order chi connectivity index (χ0) is 9.19. The van der Waals surface area contributed by atoms with E-state index < -0.39 is 0 Å². The number of aliphatic hydroxyl groups is 1. The molecule has 1 heterocycles. The smallest absolute Gasteiger partial charge is 0.337 e. The normalized spacial score (nSPS) is 24.5. The van der Waals surface area contributed by atoms with Crippen molar-refractivity contribution in [3.63, 3.8) is 0 Å². The number of carbonyl (C=O) groups excluding carboxylic acids is 1. The summed E-state index contributed by atoms with van der Waals surface area (Å²) < 4.78 is 5.18. The average molecular weight is 170 g/mol. The van der Waals surface area contributed by atoms with E-state index in [1.807, 2.05) is 13.8 Å². The quantitative estimate of drug-likeness (QED) is 0.391. The van der Waals surface area contributed by atoms with Gasteiger partial charge in [0.2, 0.25) is 0 Å². The monoisotopic (exact) mass is 170 g/mol. The summed E-state index contributed by atoms with van der Waals surface area (Å²) in [6.07, 6.45) is 2.99. The molecule has 1 saturated heterocycles. The number of rotatable bonds is 2. The van der Waals surface area contributed by atoms with Gasteiger partial charge in [-0.1, -0.05) is 13.8 Å². The Morgan fingerprint density at radius 3 is 2.42 bits per heavy atom. The summed E-state index contributed by atoms with van der Waals surface area (Å²) in [6, 6.07) is 0. The molecule has 0 aromatic rings. The van der Waals surface area contributed by atoms with Crippen LogP contribution in [0.2, 0.25) is 0 Å². The standard InChI is InChI=1S/C9H14O3/c1-3-9(4-2)5-7(6-10)8(11)12-9/h6,10H,3-5H2,1-2H3/b7-6+. The van der Waals surface area contributed by atoms with Gasteiger partial charge in [0.25, 0.3) is 0 Å². The number of ether oxygens (including phenoxy) is 1. The van der Waals surface area contributed by atoms with E-state index in [0.717, 1.165) is 19.1 Å². The van der Waals surface area contributed by atoms with Crippen molar-refractivity contribution in [2.24, 2.45) is 0 Å². The summed E-state index contributed by atoms with van der Waals surface area (Å²) >= 11 is 0. The number of hydrogen-bond acceptors (Lipinski definition) is 3. The topological polar surface area (TPSA) is 46.5 Å². The molecule has 1 fully saturated rings. The molecule has 12 heavy (non-hydrogen) atoms.